The molecule has 0 aliphatic rings. The van der Waals surface area contributed by atoms with E-state index < -0.39 is 0 Å². The minimum Gasteiger partial charge on any atom is -0.497 e. The predicted molar refractivity (Wildman–Crippen MR) is 132 cm³/mol. The second-order valence-corrected chi connectivity index (χ2v) is 8.97. The summed E-state index contributed by atoms with van der Waals surface area (Å²) < 4.78 is 17.6. The quantitative estimate of drug-likeness (QED) is 0.199. The van der Waals surface area contributed by atoms with Crippen molar-refractivity contribution in [1.82, 2.24) is 0 Å². The Morgan fingerprint density at radius 3 is 1.88 bits per heavy atom. The van der Waals surface area contributed by atoms with Crippen LogP contribution in [0, 0.1) is 0 Å². The normalized spacial score (nSPS) is 11.6. The molecule has 4 heteroatoms. The van der Waals surface area contributed by atoms with Crippen molar-refractivity contribution >= 4 is 11.9 Å². The Hall–Kier alpha value is -2.75. The summed E-state index contributed by atoms with van der Waals surface area (Å²) >= 11 is 0. The van der Waals surface area contributed by atoms with Gasteiger partial charge in [-0.15, -0.1) is 0 Å². The van der Waals surface area contributed by atoms with E-state index in [2.05, 4.69) is 34.6 Å². The smallest absolute Gasteiger partial charge is 0.185 e. The number of rotatable bonds is 12. The molecular weight excluding hydrogens is 400 g/mol. The molecule has 2 aromatic rings. The first kappa shape index (κ1) is 25.5. The van der Waals surface area contributed by atoms with Gasteiger partial charge in [0.25, 0.3) is 0 Å². The molecule has 0 aromatic heterocycles. The molecule has 0 bridgehead atoms. The van der Waals surface area contributed by atoms with E-state index in [1.807, 2.05) is 18.2 Å². The first-order valence-electron chi connectivity index (χ1n) is 11.6. The van der Waals surface area contributed by atoms with E-state index in [-0.39, 0.29) is 11.2 Å². The highest BCUT2D eigenvalue weighted by molar-refractivity contribution is 6.06. The third-order valence-electron chi connectivity index (χ3n) is 5.15. The lowest BCUT2D eigenvalue weighted by Gasteiger charge is -2.26. The molecule has 4 nitrogen and oxygen atoms in total. The maximum absolute atomic E-state index is 12.6. The van der Waals surface area contributed by atoms with Crippen LogP contribution in [0.3, 0.4) is 0 Å². The van der Waals surface area contributed by atoms with Gasteiger partial charge in [0, 0.05) is 11.1 Å². The molecule has 2 aromatic carbocycles. The van der Waals surface area contributed by atoms with Crippen LogP contribution in [0.4, 0.5) is 0 Å². The summed E-state index contributed by atoms with van der Waals surface area (Å²) in [6, 6.07) is 11.2. The van der Waals surface area contributed by atoms with Crippen LogP contribution in [-0.2, 0) is 5.41 Å². The van der Waals surface area contributed by atoms with Gasteiger partial charge >= 0.3 is 0 Å². The van der Waals surface area contributed by atoms with Crippen LogP contribution in [0.25, 0.3) is 6.08 Å². The molecular formula is C28H38O4. The first-order valence-corrected chi connectivity index (χ1v) is 11.6. The van der Waals surface area contributed by atoms with E-state index in [0.717, 1.165) is 54.1 Å². The highest BCUT2D eigenvalue weighted by Crippen LogP contribution is 2.40. The minimum absolute atomic E-state index is 0.0607. The third kappa shape index (κ3) is 7.44. The number of methoxy groups -OCH3 is 1. The fourth-order valence-corrected chi connectivity index (χ4v) is 3.35. The van der Waals surface area contributed by atoms with E-state index in [0.29, 0.717) is 18.8 Å². The topological polar surface area (TPSA) is 44.8 Å². The van der Waals surface area contributed by atoms with Crippen LogP contribution in [0.15, 0.2) is 42.5 Å². The number of carbonyl (C=O) groups excluding carboxylic acids is 1. The Balaban J connectivity index is 2.38. The number of benzene rings is 2. The average Bonchev–Trinajstić information content (AvgIpc) is 2.77. The summed E-state index contributed by atoms with van der Waals surface area (Å²) in [4.78, 5) is 12.6. The van der Waals surface area contributed by atoms with Gasteiger partial charge < -0.3 is 14.2 Å². The van der Waals surface area contributed by atoms with E-state index >= 15 is 0 Å². The highest BCUT2D eigenvalue weighted by atomic mass is 16.5. The Bertz CT molecular complexity index is 858. The number of hydrogen-bond donors (Lipinski definition) is 0. The molecule has 0 amide bonds. The lowest BCUT2D eigenvalue weighted by Crippen LogP contribution is -2.17. The SMILES string of the molecule is CCCCOc1cc(/C=C/C(=O)c2ccc(OC)cc2)cc(OCCCC)c1C(C)(C)C. The minimum atomic E-state index is -0.135. The van der Waals surface area contributed by atoms with Crippen molar-refractivity contribution in [1.29, 1.82) is 0 Å². The standard InChI is InChI=1S/C28H38O4/c1-7-9-17-31-25-19-21(11-16-24(29)22-12-14-23(30-6)15-13-22)20-26(32-18-10-8-2)27(25)28(3,4)5/h11-16,19-20H,7-10,17-18H2,1-6H3/b16-11+. The number of ketones is 1. The zero-order valence-electron chi connectivity index (χ0n) is 20.5. The van der Waals surface area contributed by atoms with Crippen molar-refractivity contribution in [3.8, 4) is 17.2 Å². The third-order valence-corrected chi connectivity index (χ3v) is 5.15. The second-order valence-electron chi connectivity index (χ2n) is 8.97. The van der Waals surface area contributed by atoms with Crippen molar-refractivity contribution in [2.24, 2.45) is 0 Å². The molecule has 32 heavy (non-hydrogen) atoms. The van der Waals surface area contributed by atoms with Gasteiger partial charge in [-0.2, -0.15) is 0 Å². The average molecular weight is 439 g/mol. The number of allylic oxidation sites excluding steroid dienone is 1. The lowest BCUT2D eigenvalue weighted by molar-refractivity contribution is 0.104. The second kappa shape index (κ2) is 12.3. The van der Waals surface area contributed by atoms with Gasteiger partial charge in [-0.05, 0) is 66.3 Å². The molecule has 0 unspecified atom stereocenters. The largest absolute Gasteiger partial charge is 0.497 e. The summed E-state index contributed by atoms with van der Waals surface area (Å²) in [5.74, 6) is 2.33. The molecule has 0 radical (unpaired) electrons. The van der Waals surface area contributed by atoms with E-state index in [4.69, 9.17) is 14.2 Å². The Labute approximate surface area is 193 Å². The van der Waals surface area contributed by atoms with Gasteiger partial charge in [-0.3, -0.25) is 4.79 Å². The Morgan fingerprint density at radius 2 is 1.44 bits per heavy atom. The Morgan fingerprint density at radius 1 is 0.906 bits per heavy atom. The van der Waals surface area contributed by atoms with E-state index in [9.17, 15) is 4.79 Å². The number of hydrogen-bond acceptors (Lipinski definition) is 4. The number of carbonyl (C=O) groups is 1. The number of unbranched alkanes of at least 4 members (excludes halogenated alkanes) is 2. The van der Waals surface area contributed by atoms with E-state index in [1.165, 1.54) is 0 Å². The molecule has 0 aliphatic heterocycles. The first-order chi connectivity index (χ1) is 15.3. The van der Waals surface area contributed by atoms with Gasteiger partial charge in [-0.1, -0.05) is 53.5 Å². The van der Waals surface area contributed by atoms with Crippen LogP contribution in [0.2, 0.25) is 0 Å². The monoisotopic (exact) mass is 438 g/mol. The molecule has 2 rings (SSSR count). The van der Waals surface area contributed by atoms with Crippen LogP contribution < -0.4 is 14.2 Å². The van der Waals surface area contributed by atoms with Gasteiger partial charge in [0.05, 0.1) is 20.3 Å². The maximum atomic E-state index is 12.6. The molecule has 174 valence electrons. The predicted octanol–water partition coefficient (Wildman–Crippen LogP) is 7.25. The molecule has 0 heterocycles. The van der Waals surface area contributed by atoms with Gasteiger partial charge in [0.15, 0.2) is 5.78 Å². The highest BCUT2D eigenvalue weighted by Gasteiger charge is 2.25. The Kier molecular flexibility index (Phi) is 9.83. The zero-order chi connectivity index (χ0) is 23.6. The molecule has 0 fully saturated rings. The molecule has 0 atom stereocenters. The molecule has 0 spiro atoms. The fraction of sp³-hybridized carbons (Fsp3) is 0.464. The van der Waals surface area contributed by atoms with Crippen LogP contribution in [0.5, 0.6) is 17.2 Å². The van der Waals surface area contributed by atoms with Crippen LogP contribution >= 0.6 is 0 Å². The van der Waals surface area contributed by atoms with E-state index in [1.54, 1.807) is 37.5 Å². The van der Waals surface area contributed by atoms with Crippen LogP contribution in [-0.4, -0.2) is 26.1 Å². The van der Waals surface area contributed by atoms with Crippen LogP contribution in [0.1, 0.15) is 81.8 Å². The van der Waals surface area contributed by atoms with Crippen molar-refractivity contribution in [3.63, 3.8) is 0 Å². The van der Waals surface area contributed by atoms with Crippen molar-refractivity contribution in [3.05, 3.63) is 59.2 Å². The summed E-state index contributed by atoms with van der Waals surface area (Å²) in [6.07, 6.45) is 7.55. The molecule has 0 saturated carbocycles. The van der Waals surface area contributed by atoms with Crippen molar-refractivity contribution in [2.45, 2.75) is 65.7 Å². The molecule has 0 N–H and O–H groups in total. The molecule has 0 saturated heterocycles. The summed E-state index contributed by atoms with van der Waals surface area (Å²) in [7, 11) is 1.61. The maximum Gasteiger partial charge on any atom is 0.185 e. The van der Waals surface area contributed by atoms with Gasteiger partial charge in [-0.25, -0.2) is 0 Å². The summed E-state index contributed by atoms with van der Waals surface area (Å²) in [5, 5.41) is 0. The zero-order valence-corrected chi connectivity index (χ0v) is 20.5. The van der Waals surface area contributed by atoms with Gasteiger partial charge in [0.2, 0.25) is 0 Å². The van der Waals surface area contributed by atoms with Crippen molar-refractivity contribution < 1.29 is 19.0 Å². The van der Waals surface area contributed by atoms with Crippen molar-refractivity contribution in [2.75, 3.05) is 20.3 Å². The number of ether oxygens (including phenoxy) is 3. The molecule has 0 aliphatic carbocycles. The van der Waals surface area contributed by atoms with Gasteiger partial charge in [0.1, 0.15) is 17.2 Å². The fourth-order valence-electron chi connectivity index (χ4n) is 3.35. The lowest BCUT2D eigenvalue weighted by atomic mass is 9.84. The summed E-state index contributed by atoms with van der Waals surface area (Å²) in [5.41, 5.74) is 2.44. The summed E-state index contributed by atoms with van der Waals surface area (Å²) in [6.45, 7) is 12.1.